The van der Waals surface area contributed by atoms with Gasteiger partial charge in [0.1, 0.15) is 24.1 Å². The molecule has 47 heavy (non-hydrogen) atoms. The average molecular weight is 688 g/mol. The number of anilines is 1. The van der Waals surface area contributed by atoms with Crippen molar-refractivity contribution in [3.05, 3.63) is 22.2 Å². The fraction of sp³-hybridized carbons (Fsp3) is 0.710. The fourth-order valence-electron chi connectivity index (χ4n) is 5.72. The van der Waals surface area contributed by atoms with Crippen molar-refractivity contribution in [3.63, 3.8) is 0 Å². The Bertz CT molecular complexity index is 1190. The van der Waals surface area contributed by atoms with Crippen molar-refractivity contribution in [1.29, 1.82) is 0 Å². The lowest BCUT2D eigenvalue weighted by Gasteiger charge is -2.38. The van der Waals surface area contributed by atoms with Crippen LogP contribution in [-0.4, -0.2) is 138 Å². The number of nitrogens with zero attached hydrogens (tertiary/aromatic N) is 1. The van der Waals surface area contributed by atoms with Gasteiger partial charge in [0.25, 0.3) is 5.91 Å². The Morgan fingerprint density at radius 3 is 2.49 bits per heavy atom. The highest BCUT2D eigenvalue weighted by Crippen LogP contribution is 2.38. The first-order chi connectivity index (χ1) is 22.5. The number of methoxy groups -OCH3 is 1. The van der Waals surface area contributed by atoms with Crippen molar-refractivity contribution in [2.75, 3.05) is 58.8 Å². The van der Waals surface area contributed by atoms with Crippen molar-refractivity contribution < 1.29 is 49.4 Å². The summed E-state index contributed by atoms with van der Waals surface area (Å²) in [5, 5.41) is 56.0. The predicted molar refractivity (Wildman–Crippen MR) is 173 cm³/mol. The van der Waals surface area contributed by atoms with Crippen molar-refractivity contribution in [2.45, 2.75) is 87.9 Å². The van der Waals surface area contributed by atoms with Crippen molar-refractivity contribution in [3.8, 4) is 5.75 Å². The average Bonchev–Trinajstić information content (AvgIpc) is 3.56. The topological polar surface area (TPSA) is 236 Å². The molecule has 2 heterocycles. The van der Waals surface area contributed by atoms with Crippen LogP contribution in [0.3, 0.4) is 0 Å². The number of hydrogen-bond acceptors (Lipinski definition) is 12. The summed E-state index contributed by atoms with van der Waals surface area (Å²) >= 11 is 6.27. The Labute approximate surface area is 279 Å². The lowest BCUT2D eigenvalue weighted by atomic mass is 9.99. The van der Waals surface area contributed by atoms with E-state index >= 15 is 0 Å². The second kappa shape index (κ2) is 19.3. The highest BCUT2D eigenvalue weighted by Gasteiger charge is 2.33. The molecule has 1 aromatic carbocycles. The summed E-state index contributed by atoms with van der Waals surface area (Å²) < 4.78 is 11.4. The molecule has 3 amide bonds. The Hall–Kier alpha value is -2.76. The Kier molecular flexibility index (Phi) is 15.9. The number of nitrogens with one attached hydrogen (secondary N) is 3. The molecule has 2 aliphatic heterocycles. The zero-order valence-corrected chi connectivity index (χ0v) is 27.6. The molecule has 2 aliphatic rings. The highest BCUT2D eigenvalue weighted by atomic mass is 35.5. The number of hydrogen-bond donors (Lipinski definition) is 9. The third-order valence-electron chi connectivity index (χ3n) is 8.59. The molecule has 0 spiro atoms. The second-order valence-corrected chi connectivity index (χ2v) is 12.4. The van der Waals surface area contributed by atoms with Crippen LogP contribution in [0.2, 0.25) is 5.02 Å². The van der Waals surface area contributed by atoms with Crippen LogP contribution in [-0.2, 0) is 20.7 Å². The Morgan fingerprint density at radius 1 is 1.06 bits per heavy atom. The molecule has 0 bridgehead atoms. The second-order valence-electron chi connectivity index (χ2n) is 12.0. The maximum absolute atomic E-state index is 13.2. The number of carbonyl (C=O) groups excluding carboxylic acids is 3. The number of aliphatic hydroxyl groups excluding tert-OH is 5. The van der Waals surface area contributed by atoms with Crippen LogP contribution in [0.4, 0.5) is 5.69 Å². The fourth-order valence-corrected chi connectivity index (χ4v) is 5.95. The van der Waals surface area contributed by atoms with Gasteiger partial charge in [-0.05, 0) is 38.3 Å². The molecule has 16 heteroatoms. The quantitative estimate of drug-likeness (QED) is 0.0609. The lowest BCUT2D eigenvalue weighted by Crippen LogP contribution is -2.54. The van der Waals surface area contributed by atoms with E-state index in [0.717, 1.165) is 44.3 Å². The summed E-state index contributed by atoms with van der Waals surface area (Å²) in [5.41, 5.74) is 7.67. The number of piperidine rings is 1. The number of likely N-dealkylation sites (tertiary alicyclic amines) is 1. The Morgan fingerprint density at radius 2 is 1.77 bits per heavy atom. The number of rotatable bonds is 19. The van der Waals surface area contributed by atoms with Crippen molar-refractivity contribution in [1.82, 2.24) is 20.9 Å². The monoisotopic (exact) mass is 687 g/mol. The standard InChI is InChI=1S/C31H50ClN5O10/c1-46-24-16-37(12-8-21(24)36-31(45)19-14-20(32)27(33)18-9-13-47-30(18)19)11-4-2-3-6-25(41)34-10-5-7-26(42)35-15-22(39)28(43)29(44)23(40)17-38/h14,21-24,28-29,38-40,43-44H,2-13,15-17,33H2,1H3,(H,34,41)(H,35,42)(H,36,45)/t21-,22+,23-,24+,28-,29-/m1/s1. The summed E-state index contributed by atoms with van der Waals surface area (Å²) in [6, 6.07) is 1.39. The highest BCUT2D eigenvalue weighted by molar-refractivity contribution is 6.33. The summed E-state index contributed by atoms with van der Waals surface area (Å²) in [4.78, 5) is 39.6. The number of halogens is 1. The molecule has 1 fully saturated rings. The first-order valence-electron chi connectivity index (χ1n) is 16.1. The molecule has 1 saturated heterocycles. The van der Waals surface area contributed by atoms with Crippen LogP contribution < -0.4 is 26.4 Å². The first-order valence-corrected chi connectivity index (χ1v) is 16.5. The predicted octanol–water partition coefficient (Wildman–Crippen LogP) is -1.31. The number of nitrogen functional groups attached to an aromatic ring is 1. The van der Waals surface area contributed by atoms with Crippen LogP contribution in [0.15, 0.2) is 6.07 Å². The van der Waals surface area contributed by atoms with Gasteiger partial charge in [-0.2, -0.15) is 0 Å². The largest absolute Gasteiger partial charge is 0.492 e. The third-order valence-corrected chi connectivity index (χ3v) is 8.91. The molecule has 15 nitrogen and oxygen atoms in total. The minimum atomic E-state index is -1.76. The number of fused-ring (bicyclic) bond motifs is 1. The third kappa shape index (κ3) is 11.4. The van der Waals surface area contributed by atoms with E-state index in [1.807, 2.05) is 0 Å². The van der Waals surface area contributed by atoms with Gasteiger partial charge in [0.2, 0.25) is 11.8 Å². The van der Waals surface area contributed by atoms with Crippen LogP contribution >= 0.6 is 11.6 Å². The molecule has 0 aliphatic carbocycles. The molecule has 6 atom stereocenters. The van der Waals surface area contributed by atoms with E-state index in [2.05, 4.69) is 20.9 Å². The molecule has 0 radical (unpaired) electrons. The van der Waals surface area contributed by atoms with E-state index in [1.54, 1.807) is 13.2 Å². The number of aliphatic hydroxyl groups is 5. The van der Waals surface area contributed by atoms with E-state index in [-0.39, 0.29) is 36.9 Å². The lowest BCUT2D eigenvalue weighted by molar-refractivity contribution is -0.126. The van der Waals surface area contributed by atoms with Gasteiger partial charge in [0.15, 0.2) is 0 Å². The summed E-state index contributed by atoms with van der Waals surface area (Å²) in [5.74, 6) is -0.276. The number of unbranched alkanes of at least 4 members (excludes halogenated alkanes) is 2. The van der Waals surface area contributed by atoms with Gasteiger partial charge < -0.3 is 61.6 Å². The van der Waals surface area contributed by atoms with Gasteiger partial charge in [-0.1, -0.05) is 18.0 Å². The zero-order valence-electron chi connectivity index (χ0n) is 26.8. The number of carbonyl (C=O) groups is 3. The van der Waals surface area contributed by atoms with Crippen LogP contribution in [0.25, 0.3) is 0 Å². The number of amides is 3. The van der Waals surface area contributed by atoms with Gasteiger partial charge in [0, 0.05) is 58.1 Å². The molecule has 0 aromatic heterocycles. The van der Waals surface area contributed by atoms with E-state index in [4.69, 9.17) is 31.9 Å². The van der Waals surface area contributed by atoms with E-state index < -0.39 is 36.9 Å². The van der Waals surface area contributed by atoms with Gasteiger partial charge in [0.05, 0.1) is 47.7 Å². The number of nitrogens with two attached hydrogens (primary N) is 1. The molecule has 0 saturated carbocycles. The minimum Gasteiger partial charge on any atom is -0.492 e. The first kappa shape index (κ1) is 38.7. The Balaban J connectivity index is 1.25. The maximum Gasteiger partial charge on any atom is 0.255 e. The van der Waals surface area contributed by atoms with E-state index in [9.17, 15) is 34.8 Å². The SMILES string of the molecule is CO[C@H]1CN(CCCCCC(=O)NCCCC(=O)NC[C@H](O)[C@@H](O)[C@H](O)[C@H](O)CO)CC[C@H]1NC(=O)c1cc(Cl)c(N)c2c1OCC2. The minimum absolute atomic E-state index is 0.0832. The zero-order chi connectivity index (χ0) is 34.5. The molecular formula is C31H50ClN5O10. The van der Waals surface area contributed by atoms with Gasteiger partial charge in [-0.25, -0.2) is 0 Å². The van der Waals surface area contributed by atoms with Crippen LogP contribution in [0, 0.1) is 0 Å². The summed E-state index contributed by atoms with van der Waals surface area (Å²) in [6.45, 7) is 1.94. The van der Waals surface area contributed by atoms with Crippen LogP contribution in [0.5, 0.6) is 5.75 Å². The van der Waals surface area contributed by atoms with Crippen molar-refractivity contribution in [2.24, 2.45) is 0 Å². The van der Waals surface area contributed by atoms with Crippen molar-refractivity contribution >= 4 is 35.0 Å². The summed E-state index contributed by atoms with van der Waals surface area (Å²) in [6.07, 6.45) is -2.18. The van der Waals surface area contributed by atoms with Crippen LogP contribution in [0.1, 0.15) is 60.9 Å². The molecular weight excluding hydrogens is 638 g/mol. The van der Waals surface area contributed by atoms with Gasteiger partial charge in [-0.3, -0.25) is 14.4 Å². The number of ether oxygens (including phenoxy) is 2. The normalized spacial score (nSPS) is 20.4. The molecule has 1 aromatic rings. The summed E-state index contributed by atoms with van der Waals surface area (Å²) in [7, 11) is 1.64. The van der Waals surface area contributed by atoms with Gasteiger partial charge in [-0.15, -0.1) is 0 Å². The smallest absolute Gasteiger partial charge is 0.255 e. The molecule has 3 rings (SSSR count). The maximum atomic E-state index is 13.2. The van der Waals surface area contributed by atoms with E-state index in [0.29, 0.717) is 61.0 Å². The van der Waals surface area contributed by atoms with E-state index in [1.165, 1.54) is 0 Å². The van der Waals surface area contributed by atoms with Gasteiger partial charge >= 0.3 is 0 Å². The number of benzene rings is 1. The molecule has 10 N–H and O–H groups in total. The molecule has 0 unspecified atom stereocenters. The molecule has 266 valence electrons.